The molecule has 1 aliphatic rings. The summed E-state index contributed by atoms with van der Waals surface area (Å²) in [6.07, 6.45) is -1.03. The lowest BCUT2D eigenvalue weighted by atomic mass is 9.96. The number of carbonyl (C=O) groups excluding carboxylic acids is 4. The second-order valence-corrected chi connectivity index (χ2v) is 14.7. The Hall–Kier alpha value is -3.34. The fraction of sp³-hybridized carbons (Fsp3) is 0.714. The SMILES string of the molecule is COC(=O)[C@@H](NC(=O)[C@H](CC(C)C)N(CC1OC(C)(C)N(C(=O)OC(C)(C)C)[C@H]1CC(C)C)C(=O)OCc1ccccc1)C(C)C. The first kappa shape index (κ1) is 38.8. The van der Waals surface area contributed by atoms with Crippen LogP contribution in [0.15, 0.2) is 30.3 Å². The van der Waals surface area contributed by atoms with E-state index in [-0.39, 0.29) is 30.9 Å². The van der Waals surface area contributed by atoms with Crippen LogP contribution in [-0.2, 0) is 35.1 Å². The molecule has 11 heteroatoms. The molecule has 1 saturated heterocycles. The highest BCUT2D eigenvalue weighted by molar-refractivity contribution is 5.89. The summed E-state index contributed by atoms with van der Waals surface area (Å²) in [4.78, 5) is 57.2. The van der Waals surface area contributed by atoms with Crippen molar-refractivity contribution < 1.29 is 38.1 Å². The number of methoxy groups -OCH3 is 1. The third-order valence-corrected chi connectivity index (χ3v) is 7.69. The quantitative estimate of drug-likeness (QED) is 0.200. The van der Waals surface area contributed by atoms with E-state index in [9.17, 15) is 19.2 Å². The maximum Gasteiger partial charge on any atom is 0.412 e. The molecule has 0 spiro atoms. The van der Waals surface area contributed by atoms with Gasteiger partial charge in [-0.1, -0.05) is 71.9 Å². The second-order valence-electron chi connectivity index (χ2n) is 14.7. The van der Waals surface area contributed by atoms with Gasteiger partial charge in [0.25, 0.3) is 0 Å². The molecule has 1 N–H and O–H groups in total. The van der Waals surface area contributed by atoms with Crippen molar-refractivity contribution in [2.24, 2.45) is 17.8 Å². The van der Waals surface area contributed by atoms with Crippen molar-refractivity contribution in [3.8, 4) is 0 Å². The Morgan fingerprint density at radius 3 is 2.11 bits per heavy atom. The van der Waals surface area contributed by atoms with Gasteiger partial charge in [0.05, 0.1) is 25.8 Å². The fourth-order valence-electron chi connectivity index (χ4n) is 5.66. The number of benzene rings is 1. The molecule has 260 valence electrons. The van der Waals surface area contributed by atoms with Gasteiger partial charge < -0.3 is 24.3 Å². The third-order valence-electron chi connectivity index (χ3n) is 7.69. The number of nitrogens with zero attached hydrogens (tertiary/aromatic N) is 2. The van der Waals surface area contributed by atoms with Crippen molar-refractivity contribution in [2.45, 2.75) is 131 Å². The standard InChI is InChI=1S/C35H57N3O8/c1-22(2)18-26-28(45-35(10,11)38(26)33(42)46-34(7,8)9)20-37(32(41)44-21-25-16-14-13-15-17-25)27(19-23(3)4)30(39)36-29(24(5)6)31(40)43-12/h13-17,22-24,26-29H,18-21H2,1-12H3,(H,36,39)/t26-,27-,28?,29-/m0/s1. The summed E-state index contributed by atoms with van der Waals surface area (Å²) >= 11 is 0. The molecule has 4 atom stereocenters. The predicted octanol–water partition coefficient (Wildman–Crippen LogP) is 6.14. The zero-order valence-electron chi connectivity index (χ0n) is 29.9. The summed E-state index contributed by atoms with van der Waals surface area (Å²) in [5.74, 6) is -1.16. The van der Waals surface area contributed by atoms with Crippen molar-refractivity contribution in [1.82, 2.24) is 15.1 Å². The fourth-order valence-corrected chi connectivity index (χ4v) is 5.66. The number of esters is 1. The largest absolute Gasteiger partial charge is 0.467 e. The van der Waals surface area contributed by atoms with Gasteiger partial charge in [0.15, 0.2) is 0 Å². The number of carbonyl (C=O) groups is 4. The zero-order valence-corrected chi connectivity index (χ0v) is 29.9. The van der Waals surface area contributed by atoms with Gasteiger partial charge in [0, 0.05) is 0 Å². The van der Waals surface area contributed by atoms with Crippen molar-refractivity contribution in [1.29, 1.82) is 0 Å². The summed E-state index contributed by atoms with van der Waals surface area (Å²) in [5, 5.41) is 2.83. The lowest BCUT2D eigenvalue weighted by molar-refractivity contribution is -0.147. The molecule has 0 aromatic heterocycles. The Morgan fingerprint density at radius 2 is 1.61 bits per heavy atom. The lowest BCUT2D eigenvalue weighted by Gasteiger charge is -2.36. The van der Waals surface area contributed by atoms with Crippen LogP contribution in [0.1, 0.15) is 94.6 Å². The minimum Gasteiger partial charge on any atom is -0.467 e. The Labute approximate surface area is 275 Å². The first-order valence-corrected chi connectivity index (χ1v) is 16.3. The van der Waals surface area contributed by atoms with Crippen LogP contribution < -0.4 is 5.32 Å². The molecule has 3 amide bonds. The van der Waals surface area contributed by atoms with Crippen molar-refractivity contribution in [2.75, 3.05) is 13.7 Å². The van der Waals surface area contributed by atoms with Gasteiger partial charge >= 0.3 is 18.2 Å². The summed E-state index contributed by atoms with van der Waals surface area (Å²) in [6, 6.07) is 6.89. The monoisotopic (exact) mass is 647 g/mol. The van der Waals surface area contributed by atoms with Crippen molar-refractivity contribution in [3.63, 3.8) is 0 Å². The minimum atomic E-state index is -1.06. The van der Waals surface area contributed by atoms with Crippen LogP contribution in [0.3, 0.4) is 0 Å². The van der Waals surface area contributed by atoms with Gasteiger partial charge in [-0.15, -0.1) is 0 Å². The number of rotatable bonds is 13. The minimum absolute atomic E-state index is 0.000552. The first-order chi connectivity index (χ1) is 21.3. The average molecular weight is 648 g/mol. The molecule has 1 unspecified atom stereocenters. The second kappa shape index (κ2) is 16.5. The molecule has 0 saturated carbocycles. The van der Waals surface area contributed by atoms with Crippen LogP contribution in [0.2, 0.25) is 0 Å². The topological polar surface area (TPSA) is 124 Å². The number of ether oxygens (including phenoxy) is 4. The van der Waals surface area contributed by atoms with Crippen LogP contribution in [0.4, 0.5) is 9.59 Å². The maximum atomic E-state index is 14.0. The molecular formula is C35H57N3O8. The van der Waals surface area contributed by atoms with Gasteiger partial charge in [-0.25, -0.2) is 14.4 Å². The Balaban J connectivity index is 2.57. The first-order valence-electron chi connectivity index (χ1n) is 16.3. The number of hydrogen-bond acceptors (Lipinski definition) is 8. The van der Waals surface area contributed by atoms with Crippen molar-refractivity contribution >= 4 is 24.1 Å². The van der Waals surface area contributed by atoms with Gasteiger partial charge in [-0.2, -0.15) is 0 Å². The van der Waals surface area contributed by atoms with E-state index in [1.54, 1.807) is 32.6 Å². The van der Waals surface area contributed by atoms with Gasteiger partial charge in [-0.05, 0) is 70.8 Å². The molecule has 1 fully saturated rings. The molecule has 46 heavy (non-hydrogen) atoms. The molecule has 0 radical (unpaired) electrons. The molecular weight excluding hydrogens is 590 g/mol. The van der Waals surface area contributed by atoms with Crippen LogP contribution in [0.5, 0.6) is 0 Å². The molecule has 0 bridgehead atoms. The molecule has 1 aliphatic heterocycles. The van der Waals surface area contributed by atoms with E-state index in [1.807, 2.05) is 65.0 Å². The van der Waals surface area contributed by atoms with Gasteiger partial charge in [0.1, 0.15) is 30.0 Å². The van der Waals surface area contributed by atoms with Crippen LogP contribution in [0, 0.1) is 17.8 Å². The molecule has 1 aromatic rings. The lowest BCUT2D eigenvalue weighted by Crippen LogP contribution is -2.57. The van der Waals surface area contributed by atoms with Crippen LogP contribution in [-0.4, -0.2) is 83.1 Å². The molecule has 2 rings (SSSR count). The van der Waals surface area contributed by atoms with Crippen molar-refractivity contribution in [3.05, 3.63) is 35.9 Å². The van der Waals surface area contributed by atoms with E-state index in [2.05, 4.69) is 19.2 Å². The van der Waals surface area contributed by atoms with Gasteiger partial charge in [-0.3, -0.25) is 14.6 Å². The van der Waals surface area contributed by atoms with E-state index in [0.29, 0.717) is 12.8 Å². The molecule has 1 aromatic carbocycles. The Kier molecular flexibility index (Phi) is 13.9. The molecule has 0 aliphatic carbocycles. The van der Waals surface area contributed by atoms with Crippen LogP contribution >= 0.6 is 0 Å². The van der Waals surface area contributed by atoms with E-state index >= 15 is 0 Å². The molecule has 1 heterocycles. The highest BCUT2D eigenvalue weighted by Crippen LogP contribution is 2.37. The average Bonchev–Trinajstić information content (AvgIpc) is 3.18. The summed E-state index contributed by atoms with van der Waals surface area (Å²) in [6.45, 7) is 20.6. The van der Waals surface area contributed by atoms with E-state index in [0.717, 1.165) is 5.56 Å². The number of amides is 3. The Morgan fingerprint density at radius 1 is 1.00 bits per heavy atom. The normalized spacial score (nSPS) is 19.2. The smallest absolute Gasteiger partial charge is 0.412 e. The predicted molar refractivity (Wildman–Crippen MR) is 176 cm³/mol. The van der Waals surface area contributed by atoms with Crippen LogP contribution in [0.25, 0.3) is 0 Å². The zero-order chi connectivity index (χ0) is 35.0. The summed E-state index contributed by atoms with van der Waals surface area (Å²) in [5.41, 5.74) is -0.998. The van der Waals surface area contributed by atoms with E-state index in [4.69, 9.17) is 18.9 Å². The Bertz CT molecular complexity index is 1160. The third kappa shape index (κ3) is 11.2. The van der Waals surface area contributed by atoms with Gasteiger partial charge in [0.2, 0.25) is 5.91 Å². The number of nitrogens with one attached hydrogen (secondary N) is 1. The van der Waals surface area contributed by atoms with E-state index < -0.39 is 59.6 Å². The number of hydrogen-bond donors (Lipinski definition) is 1. The summed E-state index contributed by atoms with van der Waals surface area (Å²) in [7, 11) is 1.27. The maximum absolute atomic E-state index is 14.0. The molecule has 11 nitrogen and oxygen atoms in total. The van der Waals surface area contributed by atoms with E-state index in [1.165, 1.54) is 12.0 Å². The summed E-state index contributed by atoms with van der Waals surface area (Å²) < 4.78 is 23.1. The highest BCUT2D eigenvalue weighted by Gasteiger charge is 2.52. The highest BCUT2D eigenvalue weighted by atomic mass is 16.6.